The van der Waals surface area contributed by atoms with Crippen LogP contribution in [0.4, 0.5) is 74.6 Å². The van der Waals surface area contributed by atoms with E-state index in [0.29, 0.717) is 0 Å². The highest BCUT2D eigenvalue weighted by Crippen LogP contribution is 2.57. The zero-order valence-corrected chi connectivity index (χ0v) is 20.9. The Kier molecular flexibility index (Phi) is 13.3. The van der Waals surface area contributed by atoms with E-state index >= 15 is 0 Å². The van der Waals surface area contributed by atoms with Gasteiger partial charge in [0.1, 0.15) is 0 Å². The zero-order chi connectivity index (χ0) is 31.4. The van der Waals surface area contributed by atoms with Gasteiger partial charge >= 0.3 is 32.5 Å². The van der Waals surface area contributed by atoms with Crippen LogP contribution in [0.25, 0.3) is 0 Å². The third-order valence-electron chi connectivity index (χ3n) is 4.98. The van der Waals surface area contributed by atoms with Crippen molar-refractivity contribution in [2.24, 2.45) is 0 Å². The minimum atomic E-state index is -7.82. The van der Waals surface area contributed by atoms with Crippen molar-refractivity contribution in [2.75, 3.05) is 19.8 Å². The maximum Gasteiger partial charge on any atom is 0.543 e. The summed E-state index contributed by atoms with van der Waals surface area (Å²) >= 11 is 0. The fraction of sp³-hybridized carbons (Fsp3) is 1.00. The molecule has 0 N–H and O–H groups in total. The predicted octanol–water partition coefficient (Wildman–Crippen LogP) is 6.75. The van der Waals surface area contributed by atoms with Gasteiger partial charge in [0.2, 0.25) is 12.0 Å². The molecule has 21 heteroatoms. The summed E-state index contributed by atoms with van der Waals surface area (Å²) in [5.74, 6) is -34.7. The average molecular weight is 638 g/mol. The molecule has 0 spiro atoms. The smallest absolute Gasteiger partial charge is 0.372 e. The fourth-order valence-electron chi connectivity index (χ4n) is 2.95. The second kappa shape index (κ2) is 13.7. The van der Waals surface area contributed by atoms with Gasteiger partial charge < -0.3 is 13.3 Å². The normalized spacial score (nSPS) is 19.9. The van der Waals surface area contributed by atoms with Crippen LogP contribution in [0.1, 0.15) is 20.8 Å². The molecule has 0 rings (SSSR count). The second-order valence-corrected chi connectivity index (χ2v) is 10.2. The van der Waals surface area contributed by atoms with Crippen molar-refractivity contribution in [2.45, 2.75) is 93.7 Å². The van der Waals surface area contributed by atoms with E-state index in [0.717, 1.165) is 20.8 Å². The number of halogens is 17. The topological polar surface area (TPSA) is 27.7 Å². The minimum absolute atomic E-state index is 0.833. The first kappa shape index (κ1) is 37.9. The Morgan fingerprint density at radius 1 is 0.487 bits per heavy atom. The molecule has 0 aliphatic rings. The van der Waals surface area contributed by atoms with Crippen molar-refractivity contribution < 1.29 is 87.9 Å². The summed E-state index contributed by atoms with van der Waals surface area (Å²) in [5.41, 5.74) is 0. The van der Waals surface area contributed by atoms with Gasteiger partial charge in [-0.1, -0.05) is 0 Å². The fourth-order valence-corrected chi connectivity index (χ4v) is 5.47. The molecule has 0 bridgehead atoms. The lowest BCUT2D eigenvalue weighted by Gasteiger charge is -2.42. The maximum absolute atomic E-state index is 14.8. The van der Waals surface area contributed by atoms with Gasteiger partial charge in [-0.2, -0.15) is 35.1 Å². The van der Waals surface area contributed by atoms with Crippen molar-refractivity contribution in [3.05, 3.63) is 0 Å². The molecule has 0 aliphatic heterocycles. The molecule has 3 nitrogen and oxygen atoms in total. The quantitative estimate of drug-likeness (QED) is 0.123. The van der Waals surface area contributed by atoms with Gasteiger partial charge in [-0.3, -0.25) is 0 Å². The molecule has 39 heavy (non-hydrogen) atoms. The SMILES string of the molecule is CCO[Si](OCC)(OCC)C(F)C(F)(F)C(F)(F)C(F)(F)C(F)(F)C(F)C(F)C(F)C(F)C(F)C(F)C(F)F. The average Bonchev–Trinajstić information content (AvgIpc) is 2.85. The van der Waals surface area contributed by atoms with E-state index in [9.17, 15) is 74.6 Å². The molecule has 7 unspecified atom stereocenters. The molecule has 0 fully saturated rings. The third-order valence-corrected chi connectivity index (χ3v) is 8.04. The Balaban J connectivity index is 6.44. The highest BCUT2D eigenvalue weighted by molar-refractivity contribution is 6.62. The second-order valence-electron chi connectivity index (χ2n) is 7.62. The molecule has 7 atom stereocenters. The molecule has 0 heterocycles. The molecule has 0 saturated heterocycles. The molecule has 0 aromatic heterocycles. The lowest BCUT2D eigenvalue weighted by molar-refractivity contribution is -0.384. The zero-order valence-electron chi connectivity index (χ0n) is 19.9. The largest absolute Gasteiger partial charge is 0.543 e. The van der Waals surface area contributed by atoms with Crippen LogP contribution in [0, 0.1) is 0 Å². The van der Waals surface area contributed by atoms with Crippen LogP contribution in [0.3, 0.4) is 0 Å². The summed E-state index contributed by atoms with van der Waals surface area (Å²) in [6.07, 6.45) is -33.3. The lowest BCUT2D eigenvalue weighted by atomic mass is 9.91. The number of rotatable bonds is 18. The Hall–Kier alpha value is -1.09. The van der Waals surface area contributed by atoms with E-state index in [4.69, 9.17) is 0 Å². The van der Waals surface area contributed by atoms with Gasteiger partial charge in [-0.25, -0.2) is 39.5 Å². The number of hydrogen-bond acceptors (Lipinski definition) is 3. The van der Waals surface area contributed by atoms with Crippen LogP contribution in [0.5, 0.6) is 0 Å². The highest BCUT2D eigenvalue weighted by atomic mass is 28.4. The van der Waals surface area contributed by atoms with Crippen molar-refractivity contribution in [1.82, 2.24) is 0 Å². The van der Waals surface area contributed by atoms with E-state index in [1.807, 2.05) is 0 Å². The first-order valence-electron chi connectivity index (χ1n) is 10.7. The Morgan fingerprint density at radius 3 is 1.13 bits per heavy atom. The molecule has 236 valence electrons. The highest BCUT2D eigenvalue weighted by Gasteiger charge is 2.87. The number of hydrogen-bond donors (Lipinski definition) is 0. The molecular formula is C18H23F17O3Si. The van der Waals surface area contributed by atoms with Crippen LogP contribution < -0.4 is 0 Å². The maximum atomic E-state index is 14.8. The van der Waals surface area contributed by atoms with Gasteiger partial charge in [0, 0.05) is 19.8 Å². The lowest BCUT2D eigenvalue weighted by Crippen LogP contribution is -2.72. The summed E-state index contributed by atoms with van der Waals surface area (Å²) in [7, 11) is -5.79. The molecule has 0 aromatic carbocycles. The van der Waals surface area contributed by atoms with Crippen LogP contribution >= 0.6 is 0 Å². The first-order valence-corrected chi connectivity index (χ1v) is 12.5. The van der Waals surface area contributed by atoms with Crippen LogP contribution in [-0.2, 0) is 13.3 Å². The summed E-state index contributed by atoms with van der Waals surface area (Å²) in [4.78, 5) is 0. The van der Waals surface area contributed by atoms with Crippen molar-refractivity contribution >= 4 is 8.80 Å². The van der Waals surface area contributed by atoms with Crippen LogP contribution in [-0.4, -0.2) is 102 Å². The summed E-state index contributed by atoms with van der Waals surface area (Å²) < 4.78 is 247. The summed E-state index contributed by atoms with van der Waals surface area (Å²) in [6, 6.07) is 0. The van der Waals surface area contributed by atoms with Gasteiger partial charge in [-0.15, -0.1) is 0 Å². The van der Waals surface area contributed by atoms with E-state index in [1.54, 1.807) is 0 Å². The Morgan fingerprint density at radius 2 is 0.795 bits per heavy atom. The predicted molar refractivity (Wildman–Crippen MR) is 101 cm³/mol. The van der Waals surface area contributed by atoms with Crippen molar-refractivity contribution in [1.29, 1.82) is 0 Å². The molecule has 0 saturated carbocycles. The molecule has 0 amide bonds. The molecular weight excluding hydrogens is 615 g/mol. The first-order chi connectivity index (χ1) is 17.5. The van der Waals surface area contributed by atoms with E-state index in [2.05, 4.69) is 13.3 Å². The standard InChI is InChI=1S/C18H23F17O3Si/c1-4-36-39(37-5-2,38-6-3)14(27)16(30,31)18(34,35)17(32,33)15(28,29)12(24)10(22)8(20)7(19)9(21)11(23)13(25)26/h7-14H,4-6H2,1-3H3. The van der Waals surface area contributed by atoms with Gasteiger partial charge in [0.05, 0.1) is 0 Å². The van der Waals surface area contributed by atoms with Gasteiger partial charge in [0.15, 0.2) is 30.9 Å². The summed E-state index contributed by atoms with van der Waals surface area (Å²) in [6.45, 7) is 0.335. The third kappa shape index (κ3) is 7.04. The monoisotopic (exact) mass is 638 g/mol. The van der Waals surface area contributed by atoms with Gasteiger partial charge in [0.25, 0.3) is 6.43 Å². The Bertz CT molecular complexity index is 729. The molecule has 0 aliphatic carbocycles. The van der Waals surface area contributed by atoms with Crippen LogP contribution in [0.2, 0.25) is 0 Å². The van der Waals surface area contributed by atoms with E-state index in [1.165, 1.54) is 0 Å². The van der Waals surface area contributed by atoms with Crippen molar-refractivity contribution in [3.63, 3.8) is 0 Å². The molecule has 0 aromatic rings. The molecule has 0 radical (unpaired) electrons. The van der Waals surface area contributed by atoms with E-state index in [-0.39, 0.29) is 0 Å². The van der Waals surface area contributed by atoms with E-state index < -0.39 is 102 Å². The minimum Gasteiger partial charge on any atom is -0.372 e. The van der Waals surface area contributed by atoms with Crippen molar-refractivity contribution in [3.8, 4) is 0 Å². The van der Waals surface area contributed by atoms with Crippen LogP contribution in [0.15, 0.2) is 0 Å². The van der Waals surface area contributed by atoms with Gasteiger partial charge in [-0.05, 0) is 20.8 Å². The Labute approximate surface area is 211 Å². The number of alkyl halides is 17. The summed E-state index contributed by atoms with van der Waals surface area (Å²) in [5, 5.41) is 0.